The third-order valence-electron chi connectivity index (χ3n) is 14.1. The molecule has 0 radical (unpaired) electrons. The van der Waals surface area contributed by atoms with Crippen molar-refractivity contribution in [2.45, 2.75) is 131 Å². The molecular weight excluding hydrogens is 392 g/mol. The molecule has 0 amide bonds. The monoisotopic (exact) mass is 442 g/mol. The number of epoxide rings is 1. The van der Waals surface area contributed by atoms with E-state index in [9.17, 15) is 5.11 Å². The molecule has 1 spiro atoms. The number of hydrogen-bond donors (Lipinski definition) is 1. The van der Waals surface area contributed by atoms with Crippen molar-refractivity contribution < 1.29 is 9.84 Å². The van der Waals surface area contributed by atoms with Gasteiger partial charge in [-0.1, -0.05) is 55.4 Å². The molecule has 32 heavy (non-hydrogen) atoms. The van der Waals surface area contributed by atoms with Crippen molar-refractivity contribution in [3.05, 3.63) is 0 Å². The second kappa shape index (κ2) is 6.18. The van der Waals surface area contributed by atoms with Gasteiger partial charge in [0.05, 0.1) is 12.2 Å². The summed E-state index contributed by atoms with van der Waals surface area (Å²) in [6.45, 7) is 20.3. The van der Waals surface area contributed by atoms with Gasteiger partial charge in [-0.3, -0.25) is 0 Å². The second-order valence-electron chi connectivity index (χ2n) is 15.5. The molecule has 0 unspecified atom stereocenters. The van der Waals surface area contributed by atoms with Gasteiger partial charge >= 0.3 is 0 Å². The van der Waals surface area contributed by atoms with Crippen LogP contribution in [0.1, 0.15) is 113 Å². The van der Waals surface area contributed by atoms with Crippen LogP contribution < -0.4 is 0 Å². The van der Waals surface area contributed by atoms with Crippen LogP contribution in [0.3, 0.4) is 0 Å². The quantitative estimate of drug-likeness (QED) is 0.434. The minimum Gasteiger partial charge on any atom is -0.393 e. The standard InChI is InChI=1S/C30H50O2/c1-18(2)19-9-12-26(5)15-16-29(8)28(7)14-10-20-25(3,4)22(31)11-13-27(20,6)21(28)17-23-30(29,32-23)24(19)26/h18-24,31H,9-17H2,1-8H3/t19-,20+,21-,22+,23-,24-,26-,27+,28-,29+,30+/m1/s1. The number of ether oxygens (including phenoxy) is 1. The first-order valence-corrected chi connectivity index (χ1v) is 14.1. The Bertz CT molecular complexity index is 818. The minimum atomic E-state index is -0.138. The average molecular weight is 443 g/mol. The highest BCUT2D eigenvalue weighted by Gasteiger charge is 2.84. The predicted octanol–water partition coefficient (Wildman–Crippen LogP) is 7.24. The molecule has 6 fully saturated rings. The fourth-order valence-electron chi connectivity index (χ4n) is 12.1. The molecule has 0 aromatic carbocycles. The minimum absolute atomic E-state index is 0.0352. The van der Waals surface area contributed by atoms with Gasteiger partial charge in [0.2, 0.25) is 0 Å². The summed E-state index contributed by atoms with van der Waals surface area (Å²) >= 11 is 0. The zero-order valence-corrected chi connectivity index (χ0v) is 22.3. The van der Waals surface area contributed by atoms with Crippen LogP contribution in [0.2, 0.25) is 0 Å². The summed E-state index contributed by atoms with van der Waals surface area (Å²) < 4.78 is 7.14. The molecule has 1 N–H and O–H groups in total. The molecule has 182 valence electrons. The predicted molar refractivity (Wildman–Crippen MR) is 130 cm³/mol. The maximum atomic E-state index is 10.9. The first-order valence-electron chi connectivity index (χ1n) is 14.1. The van der Waals surface area contributed by atoms with Crippen molar-refractivity contribution in [3.8, 4) is 0 Å². The number of aliphatic hydroxyl groups is 1. The van der Waals surface area contributed by atoms with Crippen LogP contribution in [-0.2, 0) is 4.74 Å². The molecule has 0 aromatic heterocycles. The summed E-state index contributed by atoms with van der Waals surface area (Å²) in [5, 5.41) is 10.9. The Balaban J connectivity index is 1.44. The highest BCUT2D eigenvalue weighted by Crippen LogP contribution is 2.83. The van der Waals surface area contributed by atoms with Gasteiger partial charge in [-0.25, -0.2) is 0 Å². The van der Waals surface area contributed by atoms with Gasteiger partial charge in [0.15, 0.2) is 0 Å². The van der Waals surface area contributed by atoms with E-state index in [1.165, 1.54) is 51.4 Å². The van der Waals surface area contributed by atoms with Gasteiger partial charge in [-0.05, 0) is 109 Å². The molecule has 6 rings (SSSR count). The molecule has 1 saturated heterocycles. The summed E-state index contributed by atoms with van der Waals surface area (Å²) in [6, 6.07) is 0. The first-order chi connectivity index (χ1) is 14.8. The van der Waals surface area contributed by atoms with E-state index >= 15 is 0 Å². The summed E-state index contributed by atoms with van der Waals surface area (Å²) in [7, 11) is 0. The Hall–Kier alpha value is -0.0800. The van der Waals surface area contributed by atoms with Crippen LogP contribution in [0.25, 0.3) is 0 Å². The third kappa shape index (κ3) is 2.23. The Kier molecular flexibility index (Phi) is 4.32. The van der Waals surface area contributed by atoms with Crippen molar-refractivity contribution in [1.29, 1.82) is 0 Å². The van der Waals surface area contributed by atoms with Crippen LogP contribution in [0.5, 0.6) is 0 Å². The molecule has 0 aromatic rings. The molecule has 11 atom stereocenters. The summed E-state index contributed by atoms with van der Waals surface area (Å²) in [6.07, 6.45) is 12.0. The van der Waals surface area contributed by atoms with Gasteiger partial charge in [0.1, 0.15) is 5.60 Å². The molecule has 5 saturated carbocycles. The van der Waals surface area contributed by atoms with Crippen LogP contribution in [-0.4, -0.2) is 22.9 Å². The lowest BCUT2D eigenvalue weighted by atomic mass is 9.32. The van der Waals surface area contributed by atoms with Gasteiger partial charge in [0, 0.05) is 5.41 Å². The van der Waals surface area contributed by atoms with Crippen molar-refractivity contribution in [3.63, 3.8) is 0 Å². The number of rotatable bonds is 1. The van der Waals surface area contributed by atoms with Crippen LogP contribution in [0.4, 0.5) is 0 Å². The van der Waals surface area contributed by atoms with Crippen molar-refractivity contribution >= 4 is 0 Å². The van der Waals surface area contributed by atoms with Gasteiger partial charge in [-0.15, -0.1) is 0 Å². The van der Waals surface area contributed by atoms with Crippen molar-refractivity contribution in [2.75, 3.05) is 0 Å². The van der Waals surface area contributed by atoms with E-state index in [0.29, 0.717) is 33.7 Å². The molecular formula is C30H50O2. The van der Waals surface area contributed by atoms with Crippen LogP contribution in [0, 0.1) is 56.7 Å². The SMILES string of the molecule is CC(C)[C@H]1CC[C@]2(C)CC[C@]3(C)[C@@]4(O[C@@H]4C[C@@H]4[C@@]5(C)CC[C@H](O)C(C)(C)[C@@H]5CC[C@]43C)[C@H]12. The van der Waals surface area contributed by atoms with Crippen LogP contribution in [0.15, 0.2) is 0 Å². The molecule has 5 aliphatic carbocycles. The zero-order valence-electron chi connectivity index (χ0n) is 22.3. The lowest BCUT2D eigenvalue weighted by Crippen LogP contribution is -2.70. The topological polar surface area (TPSA) is 32.8 Å². The first kappa shape index (κ1) is 22.4. The number of hydrogen-bond acceptors (Lipinski definition) is 2. The molecule has 6 aliphatic rings. The highest BCUT2D eigenvalue weighted by atomic mass is 16.6. The Morgan fingerprint density at radius 2 is 1.53 bits per heavy atom. The summed E-state index contributed by atoms with van der Waals surface area (Å²) in [5.41, 5.74) is 1.66. The smallest absolute Gasteiger partial charge is 0.104 e. The van der Waals surface area contributed by atoms with Crippen LogP contribution >= 0.6 is 0 Å². The van der Waals surface area contributed by atoms with E-state index in [-0.39, 0.29) is 17.1 Å². The van der Waals surface area contributed by atoms with E-state index in [4.69, 9.17) is 4.74 Å². The maximum absolute atomic E-state index is 10.9. The fraction of sp³-hybridized carbons (Fsp3) is 1.00. The molecule has 2 nitrogen and oxygen atoms in total. The number of fused-ring (bicyclic) bond motifs is 5. The lowest BCUT2D eigenvalue weighted by Gasteiger charge is -2.71. The zero-order chi connectivity index (χ0) is 23.1. The third-order valence-corrected chi connectivity index (χ3v) is 14.1. The van der Waals surface area contributed by atoms with Crippen molar-refractivity contribution in [2.24, 2.45) is 56.7 Å². The van der Waals surface area contributed by atoms with E-state index in [2.05, 4.69) is 55.4 Å². The molecule has 1 heterocycles. The maximum Gasteiger partial charge on any atom is 0.104 e. The van der Waals surface area contributed by atoms with Gasteiger partial charge in [-0.2, -0.15) is 0 Å². The van der Waals surface area contributed by atoms with E-state index in [1.807, 2.05) is 0 Å². The van der Waals surface area contributed by atoms with Gasteiger partial charge in [0.25, 0.3) is 0 Å². The van der Waals surface area contributed by atoms with E-state index < -0.39 is 0 Å². The molecule has 2 heteroatoms. The molecule has 0 bridgehead atoms. The van der Waals surface area contributed by atoms with E-state index in [1.54, 1.807) is 0 Å². The Morgan fingerprint density at radius 1 is 0.812 bits per heavy atom. The Morgan fingerprint density at radius 3 is 2.22 bits per heavy atom. The Labute approximate surface area is 197 Å². The van der Waals surface area contributed by atoms with Crippen molar-refractivity contribution in [1.82, 2.24) is 0 Å². The van der Waals surface area contributed by atoms with Gasteiger partial charge < -0.3 is 9.84 Å². The number of aliphatic hydroxyl groups excluding tert-OH is 1. The average Bonchev–Trinajstić information content (AvgIpc) is 3.31. The second-order valence-corrected chi connectivity index (χ2v) is 15.5. The normalized spacial score (nSPS) is 62.4. The fourth-order valence-corrected chi connectivity index (χ4v) is 12.1. The highest BCUT2D eigenvalue weighted by molar-refractivity contribution is 5.32. The van der Waals surface area contributed by atoms with E-state index in [0.717, 1.165) is 30.1 Å². The lowest BCUT2D eigenvalue weighted by molar-refractivity contribution is -0.237. The summed E-state index contributed by atoms with van der Waals surface area (Å²) in [5.74, 6) is 3.72. The summed E-state index contributed by atoms with van der Waals surface area (Å²) in [4.78, 5) is 0. The largest absolute Gasteiger partial charge is 0.393 e. The molecule has 1 aliphatic heterocycles.